The number of rotatable bonds is 4. The van der Waals surface area contributed by atoms with Crippen LogP contribution in [0.4, 0.5) is 0 Å². The van der Waals surface area contributed by atoms with Crippen molar-refractivity contribution in [2.75, 3.05) is 19.8 Å². The Kier molecular flexibility index (Phi) is 4.68. The maximum absolute atomic E-state index is 12.2. The third-order valence-corrected chi connectivity index (χ3v) is 3.46. The molecule has 120 valence electrons. The molecular formula is C16H17N3O4. The number of amides is 2. The van der Waals surface area contributed by atoms with Crippen LogP contribution >= 0.6 is 0 Å². The maximum Gasteiger partial charge on any atom is 0.274 e. The molecule has 2 amide bonds. The zero-order valence-electron chi connectivity index (χ0n) is 12.5. The Morgan fingerprint density at radius 1 is 1.35 bits per heavy atom. The van der Waals surface area contributed by atoms with E-state index in [1.54, 1.807) is 6.07 Å². The van der Waals surface area contributed by atoms with E-state index in [9.17, 15) is 9.59 Å². The Bertz CT molecular complexity index is 684. The Hall–Kier alpha value is -2.67. The molecule has 1 fully saturated rings. The van der Waals surface area contributed by atoms with Crippen LogP contribution in [0.2, 0.25) is 0 Å². The van der Waals surface area contributed by atoms with E-state index in [1.807, 2.05) is 30.3 Å². The summed E-state index contributed by atoms with van der Waals surface area (Å²) in [4.78, 5) is 23.9. The van der Waals surface area contributed by atoms with Gasteiger partial charge in [0.15, 0.2) is 5.69 Å². The van der Waals surface area contributed by atoms with Gasteiger partial charge in [-0.25, -0.2) is 0 Å². The summed E-state index contributed by atoms with van der Waals surface area (Å²) in [6.45, 7) is 1.02. The highest BCUT2D eigenvalue weighted by molar-refractivity contribution is 5.96. The van der Waals surface area contributed by atoms with Crippen molar-refractivity contribution in [2.45, 2.75) is 12.5 Å². The summed E-state index contributed by atoms with van der Waals surface area (Å²) in [5, 5.41) is 9.04. The summed E-state index contributed by atoms with van der Waals surface area (Å²) in [7, 11) is 0. The molecule has 0 aliphatic carbocycles. The molecule has 1 aliphatic rings. The van der Waals surface area contributed by atoms with Crippen LogP contribution in [-0.4, -0.2) is 42.8 Å². The second-order valence-electron chi connectivity index (χ2n) is 5.23. The minimum absolute atomic E-state index is 0.145. The molecule has 0 spiro atoms. The van der Waals surface area contributed by atoms with Gasteiger partial charge in [-0.3, -0.25) is 9.59 Å². The molecule has 2 heterocycles. The first-order chi connectivity index (χ1) is 11.2. The molecule has 7 heteroatoms. The van der Waals surface area contributed by atoms with Crippen molar-refractivity contribution in [3.05, 3.63) is 53.4 Å². The molecule has 7 nitrogen and oxygen atoms in total. The number of benzene rings is 1. The van der Waals surface area contributed by atoms with E-state index in [2.05, 4.69) is 15.8 Å². The van der Waals surface area contributed by atoms with Gasteiger partial charge in [0, 0.05) is 19.0 Å². The van der Waals surface area contributed by atoms with Gasteiger partial charge in [0.05, 0.1) is 13.2 Å². The molecule has 2 N–H and O–H groups in total. The van der Waals surface area contributed by atoms with Gasteiger partial charge in [-0.15, -0.1) is 0 Å². The lowest BCUT2D eigenvalue weighted by molar-refractivity contribution is -0.122. The number of hydrogen-bond acceptors (Lipinski definition) is 5. The lowest BCUT2D eigenvalue weighted by atomic mass is 10.1. The minimum Gasteiger partial charge on any atom is -0.377 e. The predicted molar refractivity (Wildman–Crippen MR) is 80.8 cm³/mol. The van der Waals surface area contributed by atoms with E-state index >= 15 is 0 Å². The fourth-order valence-corrected chi connectivity index (χ4v) is 2.29. The fraction of sp³-hybridized carbons (Fsp3) is 0.312. The molecular weight excluding hydrogens is 298 g/mol. The molecule has 1 aromatic heterocycles. The molecule has 2 aromatic rings. The zero-order valence-corrected chi connectivity index (χ0v) is 12.5. The fourth-order valence-electron chi connectivity index (χ4n) is 2.29. The Labute approximate surface area is 133 Å². The van der Waals surface area contributed by atoms with Crippen LogP contribution in [0.1, 0.15) is 21.8 Å². The van der Waals surface area contributed by atoms with Gasteiger partial charge in [0.1, 0.15) is 11.8 Å². The monoisotopic (exact) mass is 315 g/mol. The zero-order chi connectivity index (χ0) is 16.1. The van der Waals surface area contributed by atoms with Gasteiger partial charge in [0.25, 0.3) is 5.91 Å². The lowest BCUT2D eigenvalue weighted by Crippen LogP contribution is -2.47. The third-order valence-electron chi connectivity index (χ3n) is 3.46. The SMILES string of the molecule is O=C(N[C@H]1COCCNC1=O)c1cc(Cc2ccccc2)on1. The van der Waals surface area contributed by atoms with Crippen molar-refractivity contribution in [1.29, 1.82) is 0 Å². The van der Waals surface area contributed by atoms with Crippen LogP contribution in [0.3, 0.4) is 0 Å². The molecule has 0 bridgehead atoms. The summed E-state index contributed by atoms with van der Waals surface area (Å²) in [6, 6.07) is 10.6. The molecule has 1 aromatic carbocycles. The summed E-state index contributed by atoms with van der Waals surface area (Å²) in [5.74, 6) is -0.134. The number of nitrogens with one attached hydrogen (secondary N) is 2. The van der Waals surface area contributed by atoms with E-state index < -0.39 is 11.9 Å². The third kappa shape index (κ3) is 3.95. The van der Waals surface area contributed by atoms with E-state index in [-0.39, 0.29) is 18.2 Å². The summed E-state index contributed by atoms with van der Waals surface area (Å²) >= 11 is 0. The average Bonchev–Trinajstić information content (AvgIpc) is 2.93. The van der Waals surface area contributed by atoms with Crippen molar-refractivity contribution >= 4 is 11.8 Å². The van der Waals surface area contributed by atoms with Gasteiger partial charge >= 0.3 is 0 Å². The summed E-state index contributed by atoms with van der Waals surface area (Å²) < 4.78 is 10.4. The normalized spacial score (nSPS) is 18.1. The van der Waals surface area contributed by atoms with E-state index in [4.69, 9.17) is 9.26 Å². The molecule has 0 unspecified atom stereocenters. The molecule has 1 saturated heterocycles. The second kappa shape index (κ2) is 7.06. The topological polar surface area (TPSA) is 93.5 Å². The van der Waals surface area contributed by atoms with Crippen LogP contribution < -0.4 is 10.6 Å². The first kappa shape index (κ1) is 15.2. The number of nitrogens with zero attached hydrogens (tertiary/aromatic N) is 1. The van der Waals surface area contributed by atoms with Gasteiger partial charge in [-0.2, -0.15) is 0 Å². The quantitative estimate of drug-likeness (QED) is 0.857. The van der Waals surface area contributed by atoms with Crippen molar-refractivity contribution in [1.82, 2.24) is 15.8 Å². The number of ether oxygens (including phenoxy) is 1. The molecule has 3 rings (SSSR count). The number of aromatic nitrogens is 1. The van der Waals surface area contributed by atoms with Crippen molar-refractivity contribution in [3.63, 3.8) is 0 Å². The van der Waals surface area contributed by atoms with Crippen molar-refractivity contribution in [2.24, 2.45) is 0 Å². The highest BCUT2D eigenvalue weighted by Crippen LogP contribution is 2.11. The molecule has 0 radical (unpaired) electrons. The maximum atomic E-state index is 12.2. The highest BCUT2D eigenvalue weighted by atomic mass is 16.5. The van der Waals surface area contributed by atoms with E-state index in [1.165, 1.54) is 0 Å². The average molecular weight is 315 g/mol. The van der Waals surface area contributed by atoms with Gasteiger partial charge in [-0.05, 0) is 5.56 Å². The Morgan fingerprint density at radius 3 is 3.00 bits per heavy atom. The van der Waals surface area contributed by atoms with Crippen molar-refractivity contribution < 1.29 is 18.8 Å². The van der Waals surface area contributed by atoms with Gasteiger partial charge in [-0.1, -0.05) is 35.5 Å². The first-order valence-electron chi connectivity index (χ1n) is 7.38. The summed E-state index contributed by atoms with van der Waals surface area (Å²) in [5.41, 5.74) is 1.21. The van der Waals surface area contributed by atoms with Crippen LogP contribution in [0.25, 0.3) is 0 Å². The predicted octanol–water partition coefficient (Wildman–Crippen LogP) is 0.510. The smallest absolute Gasteiger partial charge is 0.274 e. The molecule has 23 heavy (non-hydrogen) atoms. The number of hydrogen-bond donors (Lipinski definition) is 2. The summed E-state index contributed by atoms with van der Waals surface area (Å²) in [6.07, 6.45) is 0.550. The second-order valence-corrected chi connectivity index (χ2v) is 5.23. The highest BCUT2D eigenvalue weighted by Gasteiger charge is 2.24. The Balaban J connectivity index is 1.63. The molecule has 0 saturated carbocycles. The van der Waals surface area contributed by atoms with Gasteiger partial charge in [0.2, 0.25) is 5.91 Å². The van der Waals surface area contributed by atoms with E-state index in [0.29, 0.717) is 25.3 Å². The van der Waals surface area contributed by atoms with Crippen LogP contribution in [0, 0.1) is 0 Å². The lowest BCUT2D eigenvalue weighted by Gasteiger charge is -2.13. The van der Waals surface area contributed by atoms with E-state index in [0.717, 1.165) is 5.56 Å². The standard InChI is InChI=1S/C16H17N3O4/c20-15-14(10-22-7-6-17-15)18-16(21)13-9-12(23-19-13)8-11-4-2-1-3-5-11/h1-5,9,14H,6-8,10H2,(H,17,20)(H,18,21)/t14-/m0/s1. The number of carbonyl (C=O) groups excluding carboxylic acids is 2. The van der Waals surface area contributed by atoms with Crippen LogP contribution in [0.15, 0.2) is 40.9 Å². The van der Waals surface area contributed by atoms with Crippen molar-refractivity contribution in [3.8, 4) is 0 Å². The number of carbonyl (C=O) groups is 2. The Morgan fingerprint density at radius 2 is 2.17 bits per heavy atom. The largest absolute Gasteiger partial charge is 0.377 e. The van der Waals surface area contributed by atoms with Crippen LogP contribution in [-0.2, 0) is 16.0 Å². The molecule has 1 atom stereocenters. The molecule has 1 aliphatic heterocycles. The van der Waals surface area contributed by atoms with Crippen LogP contribution in [0.5, 0.6) is 0 Å². The minimum atomic E-state index is -0.723. The first-order valence-corrected chi connectivity index (χ1v) is 7.38. The van der Waals surface area contributed by atoms with Gasteiger partial charge < -0.3 is 19.9 Å².